The van der Waals surface area contributed by atoms with Crippen LogP contribution in [0.3, 0.4) is 0 Å². The number of ether oxygens (including phenoxy) is 1. The summed E-state index contributed by atoms with van der Waals surface area (Å²) in [6.07, 6.45) is 3.02. The molecule has 0 saturated carbocycles. The largest absolute Gasteiger partial charge is 0.489 e. The molecule has 0 amide bonds. The number of hydrogen-bond donors (Lipinski definition) is 0. The predicted octanol–water partition coefficient (Wildman–Crippen LogP) is 5.00. The van der Waals surface area contributed by atoms with Gasteiger partial charge in [-0.25, -0.2) is 0 Å². The Morgan fingerprint density at radius 2 is 1.80 bits per heavy atom. The summed E-state index contributed by atoms with van der Waals surface area (Å²) in [5, 5.41) is 0. The zero-order valence-corrected chi connectivity index (χ0v) is 19.5. The number of para-hydroxylation sites is 1. The van der Waals surface area contributed by atoms with E-state index in [0.29, 0.717) is 24.8 Å². The van der Waals surface area contributed by atoms with Crippen LogP contribution in [0.4, 0.5) is 5.69 Å². The van der Waals surface area contributed by atoms with Crippen LogP contribution in [0.2, 0.25) is 0 Å². The van der Waals surface area contributed by atoms with Crippen molar-refractivity contribution in [2.75, 3.05) is 43.9 Å². The first-order chi connectivity index (χ1) is 14.5. The highest BCUT2D eigenvalue weighted by Crippen LogP contribution is 2.29. The Morgan fingerprint density at radius 1 is 1.07 bits per heavy atom. The van der Waals surface area contributed by atoms with E-state index in [0.717, 1.165) is 43.7 Å². The summed E-state index contributed by atoms with van der Waals surface area (Å²) in [6.45, 7) is 11.4. The fourth-order valence-corrected chi connectivity index (χ4v) is 4.40. The van der Waals surface area contributed by atoms with Crippen molar-refractivity contribution in [3.05, 3.63) is 63.8 Å². The van der Waals surface area contributed by atoms with Gasteiger partial charge in [-0.3, -0.25) is 9.69 Å². The van der Waals surface area contributed by atoms with Crippen molar-refractivity contribution in [2.45, 2.75) is 44.6 Å². The summed E-state index contributed by atoms with van der Waals surface area (Å²) in [5.41, 5.74) is 3.32. The van der Waals surface area contributed by atoms with E-state index in [4.69, 9.17) is 4.74 Å². The quantitative estimate of drug-likeness (QED) is 0.555. The second kappa shape index (κ2) is 10.9. The molecule has 1 fully saturated rings. The molecule has 0 bridgehead atoms. The minimum absolute atomic E-state index is 0.0329. The van der Waals surface area contributed by atoms with Crippen molar-refractivity contribution in [3.63, 3.8) is 0 Å². The van der Waals surface area contributed by atoms with Crippen molar-refractivity contribution in [2.24, 2.45) is 0 Å². The molecule has 1 aliphatic rings. The van der Waals surface area contributed by atoms with Crippen molar-refractivity contribution in [1.82, 2.24) is 4.90 Å². The molecule has 4 nitrogen and oxygen atoms in total. The molecule has 0 radical (unpaired) electrons. The number of piperazine rings is 1. The van der Waals surface area contributed by atoms with E-state index in [9.17, 15) is 4.79 Å². The van der Waals surface area contributed by atoms with E-state index < -0.39 is 0 Å². The zero-order valence-electron chi connectivity index (χ0n) is 18.7. The molecule has 30 heavy (non-hydrogen) atoms. The van der Waals surface area contributed by atoms with Gasteiger partial charge in [-0.2, -0.15) is 0 Å². The molecule has 0 aromatic heterocycles. The Balaban J connectivity index is 1.74. The van der Waals surface area contributed by atoms with Gasteiger partial charge in [-0.15, -0.1) is 11.8 Å². The van der Waals surface area contributed by atoms with Crippen LogP contribution in [0.15, 0.2) is 52.2 Å². The minimum atomic E-state index is 0.0329. The zero-order chi connectivity index (χ0) is 21.5. The highest BCUT2D eigenvalue weighted by molar-refractivity contribution is 7.98. The highest BCUT2D eigenvalue weighted by Gasteiger charge is 2.20. The molecule has 1 saturated heterocycles. The van der Waals surface area contributed by atoms with Gasteiger partial charge >= 0.3 is 0 Å². The van der Waals surface area contributed by atoms with E-state index >= 15 is 0 Å². The van der Waals surface area contributed by atoms with E-state index in [2.05, 4.69) is 67.2 Å². The lowest BCUT2D eigenvalue weighted by Gasteiger charge is -2.36. The van der Waals surface area contributed by atoms with E-state index in [1.165, 1.54) is 10.6 Å². The molecule has 5 heteroatoms. The molecule has 162 valence electrons. The van der Waals surface area contributed by atoms with Crippen LogP contribution in [0.5, 0.6) is 5.75 Å². The van der Waals surface area contributed by atoms with E-state index in [1.807, 2.05) is 12.1 Å². The molecule has 0 atom stereocenters. The maximum Gasteiger partial charge on any atom is 0.224 e. The van der Waals surface area contributed by atoms with Gasteiger partial charge in [0.1, 0.15) is 0 Å². The molecule has 1 heterocycles. The summed E-state index contributed by atoms with van der Waals surface area (Å²) < 4.78 is 5.83. The lowest BCUT2D eigenvalue weighted by Crippen LogP contribution is -2.46. The Hall–Kier alpha value is -1.98. The molecule has 2 aromatic rings. The molecule has 0 N–H and O–H groups in total. The van der Waals surface area contributed by atoms with Gasteiger partial charge in [0.25, 0.3) is 0 Å². The van der Waals surface area contributed by atoms with Crippen molar-refractivity contribution in [1.29, 1.82) is 0 Å². The van der Waals surface area contributed by atoms with Crippen LogP contribution in [0, 0.1) is 0 Å². The average molecular weight is 427 g/mol. The van der Waals surface area contributed by atoms with Crippen molar-refractivity contribution < 1.29 is 4.74 Å². The first kappa shape index (κ1) is 22.7. The normalized spacial score (nSPS) is 14.9. The maximum absolute atomic E-state index is 13.1. The number of nitrogens with zero attached hydrogens (tertiary/aromatic N) is 2. The third kappa shape index (κ3) is 5.58. The first-order valence-corrected chi connectivity index (χ1v) is 12.2. The smallest absolute Gasteiger partial charge is 0.224 e. The van der Waals surface area contributed by atoms with Crippen LogP contribution >= 0.6 is 11.8 Å². The maximum atomic E-state index is 13.1. The third-order valence-corrected chi connectivity index (χ3v) is 6.40. The lowest BCUT2D eigenvalue weighted by atomic mass is 10.1. The van der Waals surface area contributed by atoms with Crippen LogP contribution in [-0.4, -0.2) is 43.9 Å². The molecule has 2 aromatic carbocycles. The van der Waals surface area contributed by atoms with Crippen LogP contribution < -0.4 is 15.1 Å². The van der Waals surface area contributed by atoms with Gasteiger partial charge < -0.3 is 9.64 Å². The molecule has 0 unspecified atom stereocenters. The summed E-state index contributed by atoms with van der Waals surface area (Å²) in [6, 6.07) is 14.6. The topological polar surface area (TPSA) is 32.8 Å². The second-order valence-corrected chi connectivity index (χ2v) is 8.98. The molecular formula is C25H34N2O2S. The van der Waals surface area contributed by atoms with Crippen molar-refractivity contribution in [3.8, 4) is 5.75 Å². The van der Waals surface area contributed by atoms with Gasteiger partial charge in [-0.1, -0.05) is 45.0 Å². The van der Waals surface area contributed by atoms with E-state index in [1.54, 1.807) is 11.8 Å². The lowest BCUT2D eigenvalue weighted by molar-refractivity contribution is 0.248. The SMILES string of the molecule is CCCOc1cc(C(C)C)ccc(CN2CCN(c3ccccc3SC)CC2)c1=O. The third-order valence-electron chi connectivity index (χ3n) is 5.61. The summed E-state index contributed by atoms with van der Waals surface area (Å²) >= 11 is 1.79. The average Bonchev–Trinajstić information content (AvgIpc) is 2.92. The van der Waals surface area contributed by atoms with Gasteiger partial charge in [0.2, 0.25) is 5.43 Å². The van der Waals surface area contributed by atoms with Gasteiger partial charge in [0.05, 0.1) is 12.3 Å². The summed E-state index contributed by atoms with van der Waals surface area (Å²) in [7, 11) is 0. The first-order valence-electron chi connectivity index (χ1n) is 10.9. The number of hydrogen-bond acceptors (Lipinski definition) is 5. The highest BCUT2D eigenvalue weighted by atomic mass is 32.2. The molecule has 0 spiro atoms. The Labute approximate surface area is 185 Å². The Morgan fingerprint density at radius 3 is 2.47 bits per heavy atom. The molecule has 0 aliphatic carbocycles. The Bertz CT molecular complexity index is 892. The molecular weight excluding hydrogens is 392 g/mol. The van der Waals surface area contributed by atoms with Crippen molar-refractivity contribution >= 4 is 17.4 Å². The van der Waals surface area contributed by atoms with Crippen LogP contribution in [0.25, 0.3) is 0 Å². The van der Waals surface area contributed by atoms with Crippen LogP contribution in [0.1, 0.15) is 44.2 Å². The number of rotatable bonds is 8. The number of anilines is 1. The number of thioether (sulfide) groups is 1. The minimum Gasteiger partial charge on any atom is -0.489 e. The van der Waals surface area contributed by atoms with Gasteiger partial charge in [0, 0.05) is 43.2 Å². The van der Waals surface area contributed by atoms with Gasteiger partial charge in [-0.05, 0) is 42.4 Å². The predicted molar refractivity (Wildman–Crippen MR) is 128 cm³/mol. The van der Waals surface area contributed by atoms with Gasteiger partial charge in [0.15, 0.2) is 5.75 Å². The Kier molecular flexibility index (Phi) is 8.23. The number of benzene rings is 1. The second-order valence-electron chi connectivity index (χ2n) is 8.13. The fraction of sp³-hybridized carbons (Fsp3) is 0.480. The fourth-order valence-electron chi connectivity index (χ4n) is 3.78. The molecule has 1 aliphatic heterocycles. The summed E-state index contributed by atoms with van der Waals surface area (Å²) in [5.74, 6) is 0.849. The molecule has 3 rings (SSSR count). The standard InChI is InChI=1S/C25H34N2O2S/c1-5-16-29-23-17-20(19(2)3)10-11-21(25(23)28)18-26-12-14-27(15-13-26)22-8-6-7-9-24(22)30-4/h6-11,17,19H,5,12-16,18H2,1-4H3. The van der Waals surface area contributed by atoms with E-state index in [-0.39, 0.29) is 5.43 Å². The van der Waals surface area contributed by atoms with Crippen LogP contribution in [-0.2, 0) is 6.54 Å². The summed E-state index contributed by atoms with van der Waals surface area (Å²) in [4.78, 5) is 19.3. The monoisotopic (exact) mass is 426 g/mol.